The molecule has 3 aromatic rings. The average molecular weight is 585 g/mol. The summed E-state index contributed by atoms with van der Waals surface area (Å²) in [4.78, 5) is 25.2. The quantitative estimate of drug-likeness (QED) is 0.343. The molecule has 3 amide bonds. The maximum absolute atomic E-state index is 12.8. The van der Waals surface area contributed by atoms with Crippen LogP contribution in [0.25, 0.3) is 22.5 Å². The smallest absolute Gasteiger partial charge is 0.333 e. The Bertz CT molecular complexity index is 1700. The summed E-state index contributed by atoms with van der Waals surface area (Å²) in [6, 6.07) is 14.0. The monoisotopic (exact) mass is 584 g/mol. The molecule has 13 heteroatoms. The second-order valence-corrected chi connectivity index (χ2v) is 14.6. The number of aromatic nitrogens is 1. The standard InChI is InChI=1S/C27H28N4O7S2/c1-16-23(28-26(33)31-40(36,37)22-12-13-22)24(38-29-16)19-4-2-17(3-5-19)18-6-8-20(9-7-18)27(14-15-27)25(32)30-39(34,35)21-10-11-21/h2-9,21-22H,10-15H2,1H3,(H,30,32)(H2,28,31,33). The lowest BCUT2D eigenvalue weighted by Gasteiger charge is -2.16. The Balaban J connectivity index is 1.15. The minimum absolute atomic E-state index is 0.275. The number of urea groups is 1. The highest BCUT2D eigenvalue weighted by molar-refractivity contribution is 7.91. The van der Waals surface area contributed by atoms with Crippen molar-refractivity contribution in [2.45, 2.75) is 61.4 Å². The number of aryl methyl sites for hydroxylation is 1. The van der Waals surface area contributed by atoms with Gasteiger partial charge in [0.2, 0.25) is 26.0 Å². The third kappa shape index (κ3) is 5.10. The third-order valence-corrected chi connectivity index (χ3v) is 11.2. The fourth-order valence-electron chi connectivity index (χ4n) is 4.70. The molecule has 2 aromatic carbocycles. The van der Waals surface area contributed by atoms with E-state index in [2.05, 4.69) is 15.2 Å². The largest absolute Gasteiger partial charge is 0.354 e. The fourth-order valence-corrected chi connectivity index (χ4v) is 7.31. The molecule has 3 saturated carbocycles. The van der Waals surface area contributed by atoms with E-state index in [-0.39, 0.29) is 5.69 Å². The zero-order valence-electron chi connectivity index (χ0n) is 21.6. The molecule has 3 aliphatic carbocycles. The molecule has 210 valence electrons. The van der Waals surface area contributed by atoms with Gasteiger partial charge in [0.25, 0.3) is 0 Å². The number of amides is 3. The summed E-state index contributed by atoms with van der Waals surface area (Å²) >= 11 is 0. The van der Waals surface area contributed by atoms with Crippen molar-refractivity contribution in [2.24, 2.45) is 0 Å². The highest BCUT2D eigenvalue weighted by Gasteiger charge is 2.53. The highest BCUT2D eigenvalue weighted by Crippen LogP contribution is 2.49. The Hall–Kier alpha value is -3.71. The Kier molecular flexibility index (Phi) is 6.26. The van der Waals surface area contributed by atoms with Gasteiger partial charge in [-0.15, -0.1) is 0 Å². The maximum Gasteiger partial charge on any atom is 0.333 e. The Morgan fingerprint density at radius 1 is 0.800 bits per heavy atom. The van der Waals surface area contributed by atoms with Gasteiger partial charge in [-0.25, -0.2) is 26.4 Å². The third-order valence-electron chi connectivity index (χ3n) is 7.60. The predicted molar refractivity (Wildman–Crippen MR) is 147 cm³/mol. The number of benzene rings is 2. The number of rotatable bonds is 9. The molecule has 0 spiro atoms. The van der Waals surface area contributed by atoms with E-state index in [0.29, 0.717) is 55.5 Å². The van der Waals surface area contributed by atoms with Crippen LogP contribution in [-0.4, -0.2) is 44.4 Å². The summed E-state index contributed by atoms with van der Waals surface area (Å²) < 4.78 is 58.4. The average Bonchev–Trinajstić information content (AvgIpc) is 3.76. The summed E-state index contributed by atoms with van der Waals surface area (Å²) in [5.41, 5.74) is 3.07. The van der Waals surface area contributed by atoms with Crippen molar-refractivity contribution < 1.29 is 30.9 Å². The first kappa shape index (κ1) is 26.5. The van der Waals surface area contributed by atoms with Crippen LogP contribution >= 0.6 is 0 Å². The van der Waals surface area contributed by atoms with Crippen molar-refractivity contribution in [3.05, 3.63) is 59.8 Å². The first-order valence-corrected chi connectivity index (χ1v) is 16.1. The van der Waals surface area contributed by atoms with E-state index >= 15 is 0 Å². The lowest BCUT2D eigenvalue weighted by atomic mass is 9.93. The van der Waals surface area contributed by atoms with Gasteiger partial charge in [-0.3, -0.25) is 9.52 Å². The molecule has 3 aliphatic rings. The molecule has 0 saturated heterocycles. The van der Waals surface area contributed by atoms with Gasteiger partial charge >= 0.3 is 6.03 Å². The molecular formula is C27H28N4O7S2. The minimum atomic E-state index is -3.70. The Morgan fingerprint density at radius 3 is 1.82 bits per heavy atom. The van der Waals surface area contributed by atoms with E-state index in [1.165, 1.54) is 0 Å². The van der Waals surface area contributed by atoms with E-state index in [1.807, 2.05) is 41.1 Å². The molecule has 0 radical (unpaired) electrons. The van der Waals surface area contributed by atoms with Crippen molar-refractivity contribution in [2.75, 3.05) is 5.32 Å². The summed E-state index contributed by atoms with van der Waals surface area (Å²) in [6.45, 7) is 1.64. The zero-order valence-corrected chi connectivity index (χ0v) is 23.3. The van der Waals surface area contributed by atoms with Crippen LogP contribution in [0.3, 0.4) is 0 Å². The van der Waals surface area contributed by atoms with Crippen LogP contribution in [0.15, 0.2) is 53.1 Å². The molecule has 3 fully saturated rings. The number of carbonyl (C=O) groups is 2. The first-order chi connectivity index (χ1) is 19.0. The van der Waals surface area contributed by atoms with Crippen LogP contribution in [0.2, 0.25) is 0 Å². The lowest BCUT2D eigenvalue weighted by Crippen LogP contribution is -2.40. The number of nitrogens with zero attached hydrogens (tertiary/aromatic N) is 1. The van der Waals surface area contributed by atoms with Crippen LogP contribution < -0.4 is 14.8 Å². The number of hydrogen-bond acceptors (Lipinski definition) is 8. The van der Waals surface area contributed by atoms with E-state index in [0.717, 1.165) is 16.7 Å². The molecule has 3 N–H and O–H groups in total. The van der Waals surface area contributed by atoms with Crippen molar-refractivity contribution in [3.63, 3.8) is 0 Å². The number of sulfonamides is 2. The number of nitrogens with one attached hydrogen (secondary N) is 3. The second kappa shape index (κ2) is 9.44. The molecule has 11 nitrogen and oxygen atoms in total. The van der Waals surface area contributed by atoms with Gasteiger partial charge in [0.15, 0.2) is 5.76 Å². The highest BCUT2D eigenvalue weighted by atomic mass is 32.2. The van der Waals surface area contributed by atoms with Crippen molar-refractivity contribution in [1.29, 1.82) is 0 Å². The van der Waals surface area contributed by atoms with Crippen LogP contribution in [-0.2, 0) is 30.3 Å². The molecule has 1 aromatic heterocycles. The maximum atomic E-state index is 12.8. The van der Waals surface area contributed by atoms with Crippen LogP contribution in [0.4, 0.5) is 10.5 Å². The summed E-state index contributed by atoms with van der Waals surface area (Å²) in [5, 5.41) is 5.48. The van der Waals surface area contributed by atoms with Gasteiger partial charge in [-0.1, -0.05) is 53.7 Å². The summed E-state index contributed by atoms with van der Waals surface area (Å²) in [7, 11) is -7.30. The van der Waals surface area contributed by atoms with E-state index in [4.69, 9.17) is 4.52 Å². The SMILES string of the molecule is Cc1noc(-c2ccc(-c3ccc(C4(C(=O)NS(=O)(=O)C5CC5)CC4)cc3)cc2)c1NC(=O)NS(=O)(=O)C1CC1. The van der Waals surface area contributed by atoms with E-state index in [1.54, 1.807) is 19.1 Å². The van der Waals surface area contributed by atoms with Crippen molar-refractivity contribution >= 4 is 37.7 Å². The van der Waals surface area contributed by atoms with Crippen molar-refractivity contribution in [3.8, 4) is 22.5 Å². The van der Waals surface area contributed by atoms with Crippen LogP contribution in [0, 0.1) is 6.92 Å². The van der Waals surface area contributed by atoms with Gasteiger partial charge in [0.05, 0.1) is 15.9 Å². The van der Waals surface area contributed by atoms with Crippen LogP contribution in [0.1, 0.15) is 49.8 Å². The van der Waals surface area contributed by atoms with Crippen LogP contribution in [0.5, 0.6) is 0 Å². The second-order valence-electron chi connectivity index (χ2n) is 10.7. The number of anilines is 1. The molecule has 0 atom stereocenters. The number of hydrogen-bond donors (Lipinski definition) is 3. The molecule has 0 aliphatic heterocycles. The molecule has 1 heterocycles. The molecular weight excluding hydrogens is 556 g/mol. The van der Waals surface area contributed by atoms with Gasteiger partial charge in [-0.2, -0.15) is 0 Å². The lowest BCUT2D eigenvalue weighted by molar-refractivity contribution is -0.121. The molecule has 6 rings (SSSR count). The predicted octanol–water partition coefficient (Wildman–Crippen LogP) is 3.57. The van der Waals surface area contributed by atoms with E-state index in [9.17, 15) is 26.4 Å². The van der Waals surface area contributed by atoms with Gasteiger partial charge in [0.1, 0.15) is 11.4 Å². The van der Waals surface area contributed by atoms with E-state index < -0.39 is 47.9 Å². The number of carbonyl (C=O) groups excluding carboxylic acids is 2. The molecule has 40 heavy (non-hydrogen) atoms. The summed E-state index contributed by atoms with van der Waals surface area (Å²) in [5.74, 6) is -0.164. The normalized spacial score (nSPS) is 18.1. The van der Waals surface area contributed by atoms with Gasteiger partial charge in [-0.05, 0) is 62.1 Å². The Morgan fingerprint density at radius 2 is 1.30 bits per heavy atom. The van der Waals surface area contributed by atoms with Gasteiger partial charge < -0.3 is 9.84 Å². The topological polar surface area (TPSA) is 165 Å². The molecule has 0 unspecified atom stereocenters. The molecule has 0 bridgehead atoms. The fraction of sp³-hybridized carbons (Fsp3) is 0.370. The van der Waals surface area contributed by atoms with Crippen molar-refractivity contribution in [1.82, 2.24) is 14.6 Å². The minimum Gasteiger partial charge on any atom is -0.354 e. The first-order valence-electron chi connectivity index (χ1n) is 13.0. The summed E-state index contributed by atoms with van der Waals surface area (Å²) in [6.07, 6.45) is 3.47. The zero-order chi connectivity index (χ0) is 28.3. The Labute approximate surface area is 231 Å². The van der Waals surface area contributed by atoms with Gasteiger partial charge in [0, 0.05) is 5.56 Å².